The molecule has 0 aliphatic rings. The fraction of sp³-hybridized carbons (Fsp3) is 0.219. The van der Waals surface area contributed by atoms with E-state index in [-0.39, 0.29) is 31.0 Å². The zero-order chi connectivity index (χ0) is 32.9. The van der Waals surface area contributed by atoms with Crippen LogP contribution in [-0.4, -0.2) is 54.3 Å². The molecular formula is C32H30F3N5O5S. The van der Waals surface area contributed by atoms with Crippen LogP contribution >= 0.6 is 0 Å². The third kappa shape index (κ3) is 7.13. The number of aromatic nitrogens is 4. The molecule has 10 nitrogen and oxygen atoms in total. The first-order valence-corrected chi connectivity index (χ1v) is 15.3. The minimum absolute atomic E-state index is 0.0590. The van der Waals surface area contributed by atoms with Gasteiger partial charge in [-0.15, -0.1) is 5.10 Å². The molecule has 0 aliphatic heterocycles. The van der Waals surface area contributed by atoms with Crippen LogP contribution in [0.4, 0.5) is 13.2 Å². The molecule has 0 radical (unpaired) electrons. The predicted octanol–water partition coefficient (Wildman–Crippen LogP) is 5.82. The Hall–Kier alpha value is -4.95. The van der Waals surface area contributed by atoms with Gasteiger partial charge in [0.25, 0.3) is 0 Å². The molecule has 14 heteroatoms. The van der Waals surface area contributed by atoms with Gasteiger partial charge >= 0.3 is 6.18 Å². The van der Waals surface area contributed by atoms with Crippen LogP contribution in [0.2, 0.25) is 0 Å². The van der Waals surface area contributed by atoms with Gasteiger partial charge in [-0.25, -0.2) is 13.1 Å². The number of sulfonamides is 1. The monoisotopic (exact) mass is 653 g/mol. The first-order chi connectivity index (χ1) is 22.0. The normalized spacial score (nSPS) is 11.9. The van der Waals surface area contributed by atoms with Crippen molar-refractivity contribution in [1.82, 2.24) is 24.5 Å². The van der Waals surface area contributed by atoms with Crippen molar-refractivity contribution >= 4 is 10.0 Å². The summed E-state index contributed by atoms with van der Waals surface area (Å²) < 4.78 is 90.9. The van der Waals surface area contributed by atoms with Gasteiger partial charge in [-0.3, -0.25) is 0 Å². The lowest BCUT2D eigenvalue weighted by Gasteiger charge is -2.26. The summed E-state index contributed by atoms with van der Waals surface area (Å²) in [6.07, 6.45) is -5.02. The molecule has 0 fully saturated rings. The van der Waals surface area contributed by atoms with Gasteiger partial charge in [-0.2, -0.15) is 17.5 Å². The van der Waals surface area contributed by atoms with Crippen LogP contribution in [0.15, 0.2) is 95.9 Å². The zero-order valence-corrected chi connectivity index (χ0v) is 25.9. The van der Waals surface area contributed by atoms with Crippen molar-refractivity contribution in [2.45, 2.75) is 30.7 Å². The second-order valence-electron chi connectivity index (χ2n) is 10.2. The smallest absolute Gasteiger partial charge is 0.417 e. The molecule has 4 aromatic carbocycles. The minimum atomic E-state index is -5.02. The molecule has 0 unspecified atom stereocenters. The average Bonchev–Trinajstić information content (AvgIpc) is 3.52. The summed E-state index contributed by atoms with van der Waals surface area (Å²) >= 11 is 0. The lowest BCUT2D eigenvalue weighted by Crippen LogP contribution is -2.32. The number of hydrogen-bond acceptors (Lipinski definition) is 8. The highest BCUT2D eigenvalue weighted by Gasteiger charge is 2.42. The lowest BCUT2D eigenvalue weighted by molar-refractivity contribution is -0.139. The highest BCUT2D eigenvalue weighted by atomic mass is 32.2. The van der Waals surface area contributed by atoms with E-state index in [1.165, 1.54) is 32.1 Å². The Morgan fingerprint density at radius 3 is 1.65 bits per heavy atom. The summed E-state index contributed by atoms with van der Waals surface area (Å²) in [5.41, 5.74) is 0.161. The number of methoxy groups -OCH3 is 3. The van der Waals surface area contributed by atoms with Crippen LogP contribution in [0, 0.1) is 0 Å². The Labute approximate surface area is 264 Å². The van der Waals surface area contributed by atoms with Crippen molar-refractivity contribution in [2.75, 3.05) is 21.3 Å². The second kappa shape index (κ2) is 13.6. The van der Waals surface area contributed by atoms with Crippen molar-refractivity contribution < 1.29 is 35.8 Å². The molecule has 0 amide bonds. The summed E-state index contributed by atoms with van der Waals surface area (Å²) in [5.74, 6) is 1.55. The summed E-state index contributed by atoms with van der Waals surface area (Å²) in [4.78, 5) is -0.949. The van der Waals surface area contributed by atoms with E-state index in [4.69, 9.17) is 14.2 Å². The highest BCUT2D eigenvalue weighted by Crippen LogP contribution is 2.41. The number of nitrogens with zero attached hydrogens (tertiary/aromatic N) is 5. The number of alkyl halides is 3. The number of ether oxygens (including phenoxy) is 3. The Morgan fingerprint density at radius 1 is 0.717 bits per heavy atom. The van der Waals surface area contributed by atoms with Gasteiger partial charge in [0.1, 0.15) is 22.1 Å². The standard InChI is InChI=1S/C32H30F3N5O5S/c1-43-25-13-7-22(8-14-25)19-39(20-23-9-15-26(44-2)16-10-23)46(41,42)30-28(5-4-6-29(30)32(33,34)35)31-36-37-38-40(31)21-24-11-17-27(45-3)18-12-24/h4-18H,19-21H2,1-3H3. The number of benzene rings is 4. The quantitative estimate of drug-likeness (QED) is 0.166. The van der Waals surface area contributed by atoms with E-state index in [9.17, 15) is 21.6 Å². The van der Waals surface area contributed by atoms with Gasteiger partial charge in [0.05, 0.1) is 33.4 Å². The van der Waals surface area contributed by atoms with Crippen molar-refractivity contribution in [1.29, 1.82) is 0 Å². The number of halogens is 3. The molecule has 0 N–H and O–H groups in total. The molecule has 0 saturated carbocycles. The topological polar surface area (TPSA) is 109 Å². The molecule has 240 valence electrons. The van der Waals surface area contributed by atoms with E-state index in [1.54, 1.807) is 72.8 Å². The summed E-state index contributed by atoms with van der Waals surface area (Å²) in [6, 6.07) is 23.3. The molecule has 0 aliphatic carbocycles. The van der Waals surface area contributed by atoms with Gasteiger partial charge in [-0.1, -0.05) is 42.5 Å². The molecule has 5 aromatic rings. The first kappa shape index (κ1) is 32.4. The van der Waals surface area contributed by atoms with E-state index >= 15 is 0 Å². The largest absolute Gasteiger partial charge is 0.497 e. The number of tetrazole rings is 1. The molecular weight excluding hydrogens is 623 g/mol. The van der Waals surface area contributed by atoms with E-state index in [0.717, 1.165) is 16.4 Å². The number of hydrogen-bond donors (Lipinski definition) is 0. The molecule has 0 atom stereocenters. The van der Waals surface area contributed by atoms with Crippen molar-refractivity contribution in [3.8, 4) is 28.6 Å². The molecule has 0 bridgehead atoms. The van der Waals surface area contributed by atoms with E-state index in [2.05, 4.69) is 15.5 Å². The fourth-order valence-corrected chi connectivity index (χ4v) is 6.64. The van der Waals surface area contributed by atoms with E-state index < -0.39 is 26.7 Å². The molecule has 0 saturated heterocycles. The van der Waals surface area contributed by atoms with E-state index in [1.807, 2.05) is 0 Å². The second-order valence-corrected chi connectivity index (χ2v) is 12.0. The van der Waals surface area contributed by atoms with Crippen molar-refractivity contribution in [2.24, 2.45) is 0 Å². The van der Waals surface area contributed by atoms with Gasteiger partial charge in [0, 0.05) is 18.7 Å². The van der Waals surface area contributed by atoms with Crippen molar-refractivity contribution in [3.63, 3.8) is 0 Å². The summed E-state index contributed by atoms with van der Waals surface area (Å²) in [7, 11) is -0.361. The van der Waals surface area contributed by atoms with Gasteiger partial charge < -0.3 is 14.2 Å². The van der Waals surface area contributed by atoms with Gasteiger partial charge in [0.15, 0.2) is 5.82 Å². The third-order valence-electron chi connectivity index (χ3n) is 7.22. The number of rotatable bonds is 12. The van der Waals surface area contributed by atoms with Crippen LogP contribution in [0.5, 0.6) is 17.2 Å². The van der Waals surface area contributed by atoms with Crippen LogP contribution in [0.3, 0.4) is 0 Å². The fourth-order valence-electron chi connectivity index (χ4n) is 4.85. The third-order valence-corrected chi connectivity index (χ3v) is 9.11. The van der Waals surface area contributed by atoms with Gasteiger partial charge in [-0.05, 0) is 75.6 Å². The van der Waals surface area contributed by atoms with Crippen LogP contribution in [0.25, 0.3) is 11.4 Å². The first-order valence-electron chi connectivity index (χ1n) is 13.9. The maximum absolute atomic E-state index is 14.6. The Kier molecular flexibility index (Phi) is 9.58. The molecule has 1 aromatic heterocycles. The Bertz CT molecular complexity index is 1830. The summed E-state index contributed by atoms with van der Waals surface area (Å²) in [5, 5.41) is 11.6. The maximum atomic E-state index is 14.6. The Balaban J connectivity index is 1.64. The minimum Gasteiger partial charge on any atom is -0.497 e. The highest BCUT2D eigenvalue weighted by molar-refractivity contribution is 7.89. The lowest BCUT2D eigenvalue weighted by atomic mass is 10.1. The molecule has 0 spiro atoms. The predicted molar refractivity (Wildman–Crippen MR) is 163 cm³/mol. The molecule has 46 heavy (non-hydrogen) atoms. The van der Waals surface area contributed by atoms with E-state index in [0.29, 0.717) is 33.9 Å². The Morgan fingerprint density at radius 2 is 1.20 bits per heavy atom. The molecule has 5 rings (SSSR count). The van der Waals surface area contributed by atoms with Gasteiger partial charge in [0.2, 0.25) is 10.0 Å². The zero-order valence-electron chi connectivity index (χ0n) is 25.1. The van der Waals surface area contributed by atoms with Crippen LogP contribution < -0.4 is 14.2 Å². The van der Waals surface area contributed by atoms with Crippen LogP contribution in [0.1, 0.15) is 22.3 Å². The maximum Gasteiger partial charge on any atom is 0.417 e. The summed E-state index contributed by atoms with van der Waals surface area (Å²) in [6.45, 7) is -0.412. The average molecular weight is 654 g/mol. The van der Waals surface area contributed by atoms with Crippen molar-refractivity contribution in [3.05, 3.63) is 113 Å². The SMILES string of the molecule is COc1ccc(CN(Cc2ccc(OC)cc2)S(=O)(=O)c2c(-c3nnnn3Cc3ccc(OC)cc3)cccc2C(F)(F)F)cc1. The molecule has 1 heterocycles. The van der Waals surface area contributed by atoms with Crippen LogP contribution in [-0.2, 0) is 35.8 Å².